The summed E-state index contributed by atoms with van der Waals surface area (Å²) < 4.78 is 13.7. The molecule has 0 saturated heterocycles. The molecule has 2 amide bonds. The van der Waals surface area contributed by atoms with Crippen molar-refractivity contribution in [3.63, 3.8) is 0 Å². The van der Waals surface area contributed by atoms with Gasteiger partial charge in [0.2, 0.25) is 5.91 Å². The maximum absolute atomic E-state index is 13.7. The van der Waals surface area contributed by atoms with E-state index in [1.54, 1.807) is 25.1 Å². The lowest BCUT2D eigenvalue weighted by Crippen LogP contribution is -2.17. The summed E-state index contributed by atoms with van der Waals surface area (Å²) in [6.45, 7) is 1.69. The van der Waals surface area contributed by atoms with E-state index in [9.17, 15) is 14.0 Å². The molecule has 0 unspecified atom stereocenters. The minimum Gasteiger partial charge on any atom is -0.398 e. The van der Waals surface area contributed by atoms with Crippen LogP contribution >= 0.6 is 0 Å². The van der Waals surface area contributed by atoms with Crippen LogP contribution in [-0.2, 0) is 0 Å². The Morgan fingerprint density at radius 3 is 2.57 bits per heavy atom. The first-order valence-corrected chi connectivity index (χ1v) is 6.16. The minimum absolute atomic E-state index is 0.107. The summed E-state index contributed by atoms with van der Waals surface area (Å²) in [5, 5.41) is 2.41. The van der Waals surface area contributed by atoms with Gasteiger partial charge in [-0.05, 0) is 42.8 Å². The van der Waals surface area contributed by atoms with E-state index in [1.807, 2.05) is 0 Å². The average Bonchev–Trinajstić information content (AvgIpc) is 2.43. The first-order valence-electron chi connectivity index (χ1n) is 6.16. The van der Waals surface area contributed by atoms with Gasteiger partial charge in [0.15, 0.2) is 0 Å². The highest BCUT2D eigenvalue weighted by Gasteiger charge is 2.14. The zero-order valence-corrected chi connectivity index (χ0v) is 11.3. The molecule has 0 aliphatic heterocycles. The molecular formula is C15H14FN3O2. The summed E-state index contributed by atoms with van der Waals surface area (Å²) in [6, 6.07) is 8.39. The molecule has 0 saturated carbocycles. The number of anilines is 2. The van der Waals surface area contributed by atoms with Gasteiger partial charge in [-0.1, -0.05) is 6.07 Å². The van der Waals surface area contributed by atoms with Gasteiger partial charge < -0.3 is 16.8 Å². The fourth-order valence-corrected chi connectivity index (χ4v) is 1.86. The summed E-state index contributed by atoms with van der Waals surface area (Å²) >= 11 is 0. The molecule has 0 aromatic heterocycles. The molecule has 2 aromatic rings. The highest BCUT2D eigenvalue weighted by Crippen LogP contribution is 2.20. The normalized spacial score (nSPS) is 10.2. The van der Waals surface area contributed by atoms with Crippen LogP contribution in [0.25, 0.3) is 0 Å². The summed E-state index contributed by atoms with van der Waals surface area (Å²) in [7, 11) is 0. The number of hydrogen-bond donors (Lipinski definition) is 3. The first-order chi connectivity index (χ1) is 9.90. The van der Waals surface area contributed by atoms with Crippen LogP contribution < -0.4 is 16.8 Å². The third kappa shape index (κ3) is 3.00. The molecule has 5 nitrogen and oxygen atoms in total. The Labute approximate surface area is 120 Å². The van der Waals surface area contributed by atoms with Crippen LogP contribution in [0.3, 0.4) is 0 Å². The number of nitrogens with one attached hydrogen (secondary N) is 1. The summed E-state index contributed by atoms with van der Waals surface area (Å²) in [6.07, 6.45) is 0. The highest BCUT2D eigenvalue weighted by atomic mass is 19.1. The van der Waals surface area contributed by atoms with E-state index >= 15 is 0 Å². The fraction of sp³-hybridized carbons (Fsp3) is 0.0667. The molecule has 0 aliphatic carbocycles. The maximum Gasteiger partial charge on any atom is 0.256 e. The van der Waals surface area contributed by atoms with E-state index < -0.39 is 17.6 Å². The lowest BCUT2D eigenvalue weighted by molar-refractivity contribution is 0.0996. The van der Waals surface area contributed by atoms with E-state index in [0.717, 1.165) is 6.07 Å². The molecule has 2 aromatic carbocycles. The minimum atomic E-state index is -0.703. The van der Waals surface area contributed by atoms with Crippen LogP contribution in [0.4, 0.5) is 15.8 Å². The highest BCUT2D eigenvalue weighted by molar-refractivity contribution is 6.06. The molecule has 0 spiro atoms. The van der Waals surface area contributed by atoms with Crippen molar-refractivity contribution in [2.45, 2.75) is 6.92 Å². The van der Waals surface area contributed by atoms with Gasteiger partial charge in [0, 0.05) is 16.8 Å². The number of halogens is 1. The van der Waals surface area contributed by atoms with Crippen molar-refractivity contribution >= 4 is 23.2 Å². The van der Waals surface area contributed by atoms with Gasteiger partial charge in [0.25, 0.3) is 5.91 Å². The smallest absolute Gasteiger partial charge is 0.256 e. The average molecular weight is 287 g/mol. The van der Waals surface area contributed by atoms with Gasteiger partial charge in [0.05, 0.1) is 5.69 Å². The third-order valence-corrected chi connectivity index (χ3v) is 3.12. The number of primary amides is 1. The molecule has 0 atom stereocenters. The number of carbonyl (C=O) groups is 2. The Balaban J connectivity index is 2.33. The second kappa shape index (κ2) is 5.62. The molecule has 0 radical (unpaired) electrons. The zero-order chi connectivity index (χ0) is 15.6. The number of carbonyl (C=O) groups excluding carboxylic acids is 2. The van der Waals surface area contributed by atoms with Crippen LogP contribution in [0.1, 0.15) is 26.3 Å². The second-order valence-corrected chi connectivity index (χ2v) is 4.53. The van der Waals surface area contributed by atoms with Crippen LogP contribution in [0, 0.1) is 12.7 Å². The number of benzene rings is 2. The number of nitrogens with two attached hydrogens (primary N) is 2. The Kier molecular flexibility index (Phi) is 3.89. The number of nitrogen functional groups attached to an aromatic ring is 1. The van der Waals surface area contributed by atoms with E-state index in [0.29, 0.717) is 16.8 Å². The predicted octanol–water partition coefficient (Wildman–Crippen LogP) is 2.07. The van der Waals surface area contributed by atoms with E-state index in [-0.39, 0.29) is 11.3 Å². The Morgan fingerprint density at radius 2 is 1.90 bits per heavy atom. The van der Waals surface area contributed by atoms with Gasteiger partial charge in [0.1, 0.15) is 5.82 Å². The standard InChI is InChI=1S/C15H14FN3O2/c1-8-10(3-2-4-12(8)17)15(21)19-13-7-9(14(18)20)5-6-11(13)16/h2-7H,17H2,1H3,(H2,18,20)(H,19,21). The van der Waals surface area contributed by atoms with Crippen molar-refractivity contribution in [1.82, 2.24) is 0 Å². The molecule has 6 heteroatoms. The largest absolute Gasteiger partial charge is 0.398 e. The van der Waals surface area contributed by atoms with Gasteiger partial charge in [-0.3, -0.25) is 9.59 Å². The van der Waals surface area contributed by atoms with Crippen molar-refractivity contribution < 1.29 is 14.0 Å². The van der Waals surface area contributed by atoms with Gasteiger partial charge in [-0.2, -0.15) is 0 Å². The third-order valence-electron chi connectivity index (χ3n) is 3.12. The topological polar surface area (TPSA) is 98.2 Å². The first kappa shape index (κ1) is 14.5. The Hall–Kier alpha value is -2.89. The fourth-order valence-electron chi connectivity index (χ4n) is 1.86. The molecule has 0 fully saturated rings. The quantitative estimate of drug-likeness (QED) is 0.753. The SMILES string of the molecule is Cc1c(N)cccc1C(=O)Nc1cc(C(N)=O)ccc1F. The lowest BCUT2D eigenvalue weighted by atomic mass is 10.1. The summed E-state index contributed by atoms with van der Waals surface area (Å²) in [5.41, 5.74) is 12.3. The summed E-state index contributed by atoms with van der Waals surface area (Å²) in [5.74, 6) is -1.87. The molecule has 0 heterocycles. The van der Waals surface area contributed by atoms with Crippen molar-refractivity contribution in [3.8, 4) is 0 Å². The predicted molar refractivity (Wildman–Crippen MR) is 78.5 cm³/mol. The number of rotatable bonds is 3. The van der Waals surface area contributed by atoms with Crippen LogP contribution in [0.15, 0.2) is 36.4 Å². The van der Waals surface area contributed by atoms with Crippen LogP contribution in [0.2, 0.25) is 0 Å². The van der Waals surface area contributed by atoms with E-state index in [2.05, 4.69) is 5.32 Å². The molecule has 108 valence electrons. The lowest BCUT2D eigenvalue weighted by Gasteiger charge is -2.10. The van der Waals surface area contributed by atoms with E-state index in [1.165, 1.54) is 12.1 Å². The summed E-state index contributed by atoms with van der Waals surface area (Å²) in [4.78, 5) is 23.3. The van der Waals surface area contributed by atoms with Crippen molar-refractivity contribution in [2.75, 3.05) is 11.1 Å². The van der Waals surface area contributed by atoms with Crippen molar-refractivity contribution in [2.24, 2.45) is 5.73 Å². The van der Waals surface area contributed by atoms with Gasteiger partial charge >= 0.3 is 0 Å². The van der Waals surface area contributed by atoms with Gasteiger partial charge in [-0.15, -0.1) is 0 Å². The van der Waals surface area contributed by atoms with Crippen LogP contribution in [0.5, 0.6) is 0 Å². The maximum atomic E-state index is 13.7. The monoisotopic (exact) mass is 287 g/mol. The van der Waals surface area contributed by atoms with Crippen molar-refractivity contribution in [3.05, 3.63) is 58.9 Å². The van der Waals surface area contributed by atoms with Crippen molar-refractivity contribution in [1.29, 1.82) is 0 Å². The molecule has 0 bridgehead atoms. The molecule has 0 aliphatic rings. The molecular weight excluding hydrogens is 273 g/mol. The van der Waals surface area contributed by atoms with Crippen LogP contribution in [-0.4, -0.2) is 11.8 Å². The Morgan fingerprint density at radius 1 is 1.19 bits per heavy atom. The Bertz CT molecular complexity index is 729. The molecule has 2 rings (SSSR count). The zero-order valence-electron chi connectivity index (χ0n) is 11.3. The molecule has 5 N–H and O–H groups in total. The van der Waals surface area contributed by atoms with E-state index in [4.69, 9.17) is 11.5 Å². The second-order valence-electron chi connectivity index (χ2n) is 4.53. The van der Waals surface area contributed by atoms with Gasteiger partial charge in [-0.25, -0.2) is 4.39 Å². The number of amides is 2. The number of hydrogen-bond acceptors (Lipinski definition) is 3. The molecule has 21 heavy (non-hydrogen) atoms.